The molecule has 2 aliphatic rings. The second-order valence-electron chi connectivity index (χ2n) is 6.60. The maximum Gasteiger partial charge on any atom is 0.417 e. The zero-order chi connectivity index (χ0) is 19.3. The quantitative estimate of drug-likeness (QED) is 0.703. The molecular weight excluding hydrogens is 366 g/mol. The second kappa shape index (κ2) is 5.95. The molecule has 10 heteroatoms. The van der Waals surface area contributed by atoms with Gasteiger partial charge in [0.1, 0.15) is 5.78 Å². The fourth-order valence-electron chi connectivity index (χ4n) is 3.47. The Bertz CT molecular complexity index is 758. The lowest BCUT2D eigenvalue weighted by atomic mass is 9.83. The lowest BCUT2D eigenvalue weighted by Crippen LogP contribution is -2.52. The number of hydrogen-bond donors (Lipinski definition) is 0. The van der Waals surface area contributed by atoms with Gasteiger partial charge in [0, 0.05) is 44.2 Å². The number of halogens is 6. The van der Waals surface area contributed by atoms with Gasteiger partial charge in [0.25, 0.3) is 0 Å². The molecule has 0 radical (unpaired) electrons. The summed E-state index contributed by atoms with van der Waals surface area (Å²) in [6.45, 7) is -0.479. The summed E-state index contributed by atoms with van der Waals surface area (Å²) in [5.41, 5.74) is -3.41. The molecule has 1 aliphatic heterocycles. The first-order valence-corrected chi connectivity index (χ1v) is 7.87. The molecule has 0 bridgehead atoms. The van der Waals surface area contributed by atoms with Gasteiger partial charge in [-0.05, 0) is 18.1 Å². The zero-order valence-corrected chi connectivity index (χ0v) is 13.4. The summed E-state index contributed by atoms with van der Waals surface area (Å²) in [6.07, 6.45) is -10.7. The van der Waals surface area contributed by atoms with Crippen molar-refractivity contribution in [1.82, 2.24) is 9.88 Å². The molecule has 0 spiro atoms. The summed E-state index contributed by atoms with van der Waals surface area (Å²) in [5.74, 6) is -1.90. The molecule has 4 nitrogen and oxygen atoms in total. The maximum atomic E-state index is 13.6. The third-order valence-corrected chi connectivity index (χ3v) is 4.94. The molecule has 0 saturated heterocycles. The number of carbonyl (C=O) groups is 2. The summed E-state index contributed by atoms with van der Waals surface area (Å²) in [6, 6.07) is 0.807. The van der Waals surface area contributed by atoms with Crippen LogP contribution in [0.1, 0.15) is 36.1 Å². The van der Waals surface area contributed by atoms with Crippen LogP contribution in [0.5, 0.6) is 0 Å². The molecule has 142 valence electrons. The van der Waals surface area contributed by atoms with E-state index in [9.17, 15) is 35.9 Å². The van der Waals surface area contributed by atoms with E-state index >= 15 is 0 Å². The normalized spacial score (nSPS) is 23.9. The van der Waals surface area contributed by atoms with Crippen LogP contribution in [0.3, 0.4) is 0 Å². The lowest BCUT2D eigenvalue weighted by molar-refractivity contribution is -0.226. The minimum atomic E-state index is -4.90. The van der Waals surface area contributed by atoms with Crippen molar-refractivity contribution in [2.24, 2.45) is 5.41 Å². The van der Waals surface area contributed by atoms with Crippen LogP contribution >= 0.6 is 0 Å². The third kappa shape index (κ3) is 3.05. The van der Waals surface area contributed by atoms with Crippen LogP contribution in [0, 0.1) is 5.41 Å². The maximum absolute atomic E-state index is 13.6. The van der Waals surface area contributed by atoms with Gasteiger partial charge in [0.05, 0.1) is 5.56 Å². The lowest BCUT2D eigenvalue weighted by Gasteiger charge is -2.37. The highest BCUT2D eigenvalue weighted by Crippen LogP contribution is 2.50. The molecule has 1 fully saturated rings. The summed E-state index contributed by atoms with van der Waals surface area (Å²) < 4.78 is 79.1. The Balaban J connectivity index is 1.90. The molecule has 1 aromatic heterocycles. The summed E-state index contributed by atoms with van der Waals surface area (Å²) >= 11 is 0. The highest BCUT2D eigenvalue weighted by molar-refractivity contribution is 5.94. The largest absolute Gasteiger partial charge is 0.417 e. The van der Waals surface area contributed by atoms with Crippen LogP contribution in [-0.2, 0) is 28.7 Å². The van der Waals surface area contributed by atoms with Crippen molar-refractivity contribution in [1.29, 1.82) is 0 Å². The number of rotatable bonds is 1. The molecule has 1 unspecified atom stereocenters. The van der Waals surface area contributed by atoms with E-state index in [0.717, 1.165) is 11.0 Å². The van der Waals surface area contributed by atoms with Gasteiger partial charge < -0.3 is 4.90 Å². The summed E-state index contributed by atoms with van der Waals surface area (Å²) in [7, 11) is 0. The number of alkyl halides is 6. The van der Waals surface area contributed by atoms with Crippen molar-refractivity contribution in [3.8, 4) is 0 Å². The topological polar surface area (TPSA) is 50.3 Å². The van der Waals surface area contributed by atoms with Gasteiger partial charge in [0.2, 0.25) is 5.91 Å². The fraction of sp³-hybridized carbons (Fsp3) is 0.562. The Labute approximate surface area is 144 Å². The monoisotopic (exact) mass is 380 g/mol. The highest BCUT2D eigenvalue weighted by Gasteiger charge is 2.64. The van der Waals surface area contributed by atoms with E-state index in [-0.39, 0.29) is 24.9 Å². The molecule has 1 atom stereocenters. The number of hydrogen-bond acceptors (Lipinski definition) is 3. The van der Waals surface area contributed by atoms with Crippen LogP contribution < -0.4 is 0 Å². The Morgan fingerprint density at radius 1 is 1.15 bits per heavy atom. The molecule has 26 heavy (non-hydrogen) atoms. The van der Waals surface area contributed by atoms with Crippen LogP contribution in [-0.4, -0.2) is 34.3 Å². The van der Waals surface area contributed by atoms with E-state index in [2.05, 4.69) is 4.98 Å². The van der Waals surface area contributed by atoms with Gasteiger partial charge >= 0.3 is 12.4 Å². The molecule has 1 amide bonds. The third-order valence-electron chi connectivity index (χ3n) is 4.94. The average molecular weight is 380 g/mol. The molecule has 1 aliphatic carbocycles. The first-order chi connectivity index (χ1) is 11.9. The Morgan fingerprint density at radius 2 is 1.85 bits per heavy atom. The van der Waals surface area contributed by atoms with Crippen molar-refractivity contribution < 1.29 is 35.9 Å². The SMILES string of the molecule is O=C1CCC(C(=O)N2CCc3ncc(C(F)(F)F)cc3C2)(C(F)(F)F)C1. The summed E-state index contributed by atoms with van der Waals surface area (Å²) in [4.78, 5) is 28.7. The number of amides is 1. The van der Waals surface area contributed by atoms with Crippen molar-refractivity contribution >= 4 is 11.7 Å². The smallest absolute Gasteiger partial charge is 0.337 e. The van der Waals surface area contributed by atoms with Crippen LogP contribution in [0.15, 0.2) is 12.3 Å². The van der Waals surface area contributed by atoms with Crippen LogP contribution in [0.2, 0.25) is 0 Å². The first kappa shape index (κ1) is 18.7. The minimum Gasteiger partial charge on any atom is -0.337 e. The van der Waals surface area contributed by atoms with Gasteiger partial charge in [-0.3, -0.25) is 14.6 Å². The molecular formula is C16H14F6N2O2. The van der Waals surface area contributed by atoms with Crippen LogP contribution in [0.25, 0.3) is 0 Å². The van der Waals surface area contributed by atoms with Gasteiger partial charge in [-0.2, -0.15) is 26.3 Å². The number of carbonyl (C=O) groups excluding carboxylic acids is 2. The molecule has 2 heterocycles. The molecule has 3 rings (SSSR count). The average Bonchev–Trinajstić information content (AvgIpc) is 2.95. The molecule has 0 aromatic carbocycles. The van der Waals surface area contributed by atoms with Crippen molar-refractivity contribution in [2.75, 3.05) is 6.54 Å². The van der Waals surface area contributed by atoms with Crippen LogP contribution in [0.4, 0.5) is 26.3 Å². The van der Waals surface area contributed by atoms with E-state index in [4.69, 9.17) is 0 Å². The fourth-order valence-corrected chi connectivity index (χ4v) is 3.47. The number of ketones is 1. The molecule has 1 aromatic rings. The number of fused-ring (bicyclic) bond motifs is 1. The van der Waals surface area contributed by atoms with E-state index in [1.54, 1.807) is 0 Å². The highest BCUT2D eigenvalue weighted by atomic mass is 19.4. The Kier molecular flexibility index (Phi) is 4.27. The van der Waals surface area contributed by atoms with Gasteiger partial charge in [-0.1, -0.05) is 0 Å². The Morgan fingerprint density at radius 3 is 2.38 bits per heavy atom. The summed E-state index contributed by atoms with van der Waals surface area (Å²) in [5, 5.41) is 0. The van der Waals surface area contributed by atoms with Gasteiger partial charge in [-0.25, -0.2) is 0 Å². The minimum absolute atomic E-state index is 0.0566. The predicted octanol–water partition coefficient (Wildman–Crippen LogP) is 3.29. The number of nitrogens with zero attached hydrogens (tertiary/aromatic N) is 2. The predicted molar refractivity (Wildman–Crippen MR) is 75.7 cm³/mol. The van der Waals surface area contributed by atoms with Gasteiger partial charge in [-0.15, -0.1) is 0 Å². The second-order valence-corrected chi connectivity index (χ2v) is 6.60. The Hall–Kier alpha value is -2.13. The number of aromatic nitrogens is 1. The standard InChI is InChI=1S/C16H14F6N2O2/c17-15(18,19)10-5-9-8-24(4-2-12(9)23-7-10)13(26)14(16(20,21)22)3-1-11(25)6-14/h5,7H,1-4,6,8H2. The van der Waals surface area contributed by atoms with Crippen molar-refractivity contribution in [2.45, 2.75) is 44.6 Å². The number of Topliss-reactive ketones (excluding diaryl/α,β-unsaturated/α-hetero) is 1. The molecule has 0 N–H and O–H groups in total. The van der Waals surface area contributed by atoms with Crippen molar-refractivity contribution in [3.63, 3.8) is 0 Å². The van der Waals surface area contributed by atoms with E-state index in [0.29, 0.717) is 11.9 Å². The van der Waals surface area contributed by atoms with E-state index in [1.807, 2.05) is 0 Å². The van der Waals surface area contributed by atoms with Crippen molar-refractivity contribution in [3.05, 3.63) is 29.1 Å². The molecule has 1 saturated carbocycles. The number of pyridine rings is 1. The van der Waals surface area contributed by atoms with E-state index < -0.39 is 54.4 Å². The zero-order valence-electron chi connectivity index (χ0n) is 13.4. The van der Waals surface area contributed by atoms with Gasteiger partial charge in [0.15, 0.2) is 5.41 Å². The first-order valence-electron chi connectivity index (χ1n) is 7.87. The van der Waals surface area contributed by atoms with E-state index in [1.165, 1.54) is 0 Å².